The number of benzene rings is 1. The number of fused-ring (bicyclic) bond motifs is 2. The quantitative estimate of drug-likeness (QED) is 0.365. The maximum atomic E-state index is 13.5. The highest BCUT2D eigenvalue weighted by Crippen LogP contribution is 2.32. The third-order valence-electron chi connectivity index (χ3n) is 6.67. The molecule has 0 amide bonds. The summed E-state index contributed by atoms with van der Waals surface area (Å²) in [6.45, 7) is 6.93. The topological polar surface area (TPSA) is 88.4 Å². The molecule has 1 fully saturated rings. The Labute approximate surface area is 206 Å². The minimum absolute atomic E-state index is 0.0954. The molecule has 0 spiro atoms. The Morgan fingerprint density at radius 2 is 1.69 bits per heavy atom. The molecule has 184 valence electrons. The van der Waals surface area contributed by atoms with E-state index < -0.39 is 5.92 Å². The van der Waals surface area contributed by atoms with E-state index in [1.54, 1.807) is 23.5 Å². The van der Waals surface area contributed by atoms with Crippen LogP contribution in [0.15, 0.2) is 49.3 Å². The molecule has 1 aliphatic rings. The number of hydrogen-bond acceptors (Lipinski definition) is 6. The standard InChI is InChI=1S/C26H26F2N8/c1-25(2,3)36-15-33-19-5-4-16(10-21(19)36)18-13-29-23-22(18)34-20(14-30-23)17-11-31-24(32-12-17)35-8-6-26(27,28)7-9-35/h4-5,10-15H,6-9H2,1-3H3,(H,29,30). The summed E-state index contributed by atoms with van der Waals surface area (Å²) in [6, 6.07) is 6.19. The molecule has 0 radical (unpaired) electrons. The number of hydrogen-bond donors (Lipinski definition) is 1. The van der Waals surface area contributed by atoms with E-state index in [2.05, 4.69) is 56.3 Å². The fourth-order valence-corrected chi connectivity index (χ4v) is 4.61. The first-order chi connectivity index (χ1) is 17.2. The lowest BCUT2D eigenvalue weighted by atomic mass is 10.1. The van der Waals surface area contributed by atoms with Crippen molar-refractivity contribution in [2.24, 2.45) is 0 Å². The van der Waals surface area contributed by atoms with Gasteiger partial charge in [-0.2, -0.15) is 0 Å². The summed E-state index contributed by atoms with van der Waals surface area (Å²) in [6.07, 6.45) is 8.45. The normalized spacial score (nSPS) is 16.2. The lowest BCUT2D eigenvalue weighted by molar-refractivity contribution is -0.0222. The van der Waals surface area contributed by atoms with E-state index in [0.717, 1.165) is 27.7 Å². The summed E-state index contributed by atoms with van der Waals surface area (Å²) >= 11 is 0. The average molecular weight is 489 g/mol. The van der Waals surface area contributed by atoms with Crippen LogP contribution in [0.2, 0.25) is 0 Å². The number of rotatable bonds is 3. The van der Waals surface area contributed by atoms with Gasteiger partial charge in [0.2, 0.25) is 5.95 Å². The maximum absolute atomic E-state index is 13.5. The Bertz CT molecular complexity index is 1550. The third-order valence-corrected chi connectivity index (χ3v) is 6.67. The van der Waals surface area contributed by atoms with E-state index >= 15 is 0 Å². The van der Waals surface area contributed by atoms with E-state index in [-0.39, 0.29) is 31.5 Å². The molecule has 10 heteroatoms. The van der Waals surface area contributed by atoms with Crippen molar-refractivity contribution >= 4 is 28.1 Å². The second-order valence-corrected chi connectivity index (χ2v) is 10.3. The number of imidazole rings is 1. The van der Waals surface area contributed by atoms with Gasteiger partial charge in [0.25, 0.3) is 5.92 Å². The minimum Gasteiger partial charge on any atom is -0.344 e. The van der Waals surface area contributed by atoms with Crippen molar-refractivity contribution in [1.82, 2.24) is 34.5 Å². The monoisotopic (exact) mass is 488 g/mol. The molecule has 0 aliphatic carbocycles. The fraction of sp³-hybridized carbons (Fsp3) is 0.346. The summed E-state index contributed by atoms with van der Waals surface area (Å²) < 4.78 is 29.1. The smallest absolute Gasteiger partial charge is 0.251 e. The van der Waals surface area contributed by atoms with Gasteiger partial charge in [-0.3, -0.25) is 0 Å². The first-order valence-electron chi connectivity index (χ1n) is 12.0. The van der Waals surface area contributed by atoms with E-state index in [9.17, 15) is 8.78 Å². The van der Waals surface area contributed by atoms with Crippen molar-refractivity contribution in [3.8, 4) is 22.4 Å². The Kier molecular flexibility index (Phi) is 5.03. The van der Waals surface area contributed by atoms with Crippen molar-refractivity contribution in [3.05, 3.63) is 49.3 Å². The SMILES string of the molecule is CC(C)(C)n1cnc2ccc(-c3c[nH]c4ncc(-c5cnc(N6CCC(F)(F)CC6)nc5)nc34)cc21. The molecule has 0 unspecified atom stereocenters. The van der Waals surface area contributed by atoms with Gasteiger partial charge in [0.15, 0.2) is 5.65 Å². The molecule has 5 heterocycles. The van der Waals surface area contributed by atoms with Gasteiger partial charge in [-0.15, -0.1) is 0 Å². The number of nitrogens with zero attached hydrogens (tertiary/aromatic N) is 7. The number of nitrogens with one attached hydrogen (secondary N) is 1. The van der Waals surface area contributed by atoms with E-state index in [4.69, 9.17) is 4.98 Å². The molecule has 0 atom stereocenters. The zero-order valence-corrected chi connectivity index (χ0v) is 20.3. The molecule has 6 rings (SSSR count). The van der Waals surface area contributed by atoms with Crippen molar-refractivity contribution in [1.29, 1.82) is 0 Å². The van der Waals surface area contributed by atoms with Crippen LogP contribution < -0.4 is 4.90 Å². The average Bonchev–Trinajstić information content (AvgIpc) is 3.47. The molecule has 0 bridgehead atoms. The third kappa shape index (κ3) is 3.96. The van der Waals surface area contributed by atoms with Crippen LogP contribution in [-0.4, -0.2) is 53.5 Å². The molecule has 1 saturated heterocycles. The number of aromatic amines is 1. The van der Waals surface area contributed by atoms with Crippen LogP contribution in [0.5, 0.6) is 0 Å². The van der Waals surface area contributed by atoms with Gasteiger partial charge in [0.1, 0.15) is 5.52 Å². The molecule has 0 saturated carbocycles. The zero-order chi connectivity index (χ0) is 25.1. The van der Waals surface area contributed by atoms with Crippen molar-refractivity contribution in [2.75, 3.05) is 18.0 Å². The van der Waals surface area contributed by atoms with Crippen LogP contribution in [0, 0.1) is 0 Å². The minimum atomic E-state index is -2.60. The molecule has 36 heavy (non-hydrogen) atoms. The summed E-state index contributed by atoms with van der Waals surface area (Å²) in [5.41, 5.74) is 6.63. The number of alkyl halides is 2. The van der Waals surface area contributed by atoms with Crippen LogP contribution in [0.1, 0.15) is 33.6 Å². The van der Waals surface area contributed by atoms with Crippen molar-refractivity contribution in [2.45, 2.75) is 45.1 Å². The lowest BCUT2D eigenvalue weighted by Gasteiger charge is -2.31. The zero-order valence-electron chi connectivity index (χ0n) is 20.3. The molecule has 1 N–H and O–H groups in total. The molecule has 4 aromatic heterocycles. The van der Waals surface area contributed by atoms with E-state index in [1.807, 2.05) is 24.7 Å². The Balaban J connectivity index is 1.33. The predicted octanol–water partition coefficient (Wildman–Crippen LogP) is 5.42. The number of aromatic nitrogens is 7. The second-order valence-electron chi connectivity index (χ2n) is 10.3. The first-order valence-corrected chi connectivity index (χ1v) is 12.0. The van der Waals surface area contributed by atoms with Crippen LogP contribution in [0.3, 0.4) is 0 Å². The van der Waals surface area contributed by atoms with E-state index in [1.165, 1.54) is 0 Å². The van der Waals surface area contributed by atoms with Gasteiger partial charge < -0.3 is 14.5 Å². The molecule has 5 aromatic rings. The van der Waals surface area contributed by atoms with Crippen molar-refractivity contribution < 1.29 is 8.78 Å². The Morgan fingerprint density at radius 3 is 2.42 bits per heavy atom. The summed E-state index contributed by atoms with van der Waals surface area (Å²) in [5, 5.41) is 0. The highest BCUT2D eigenvalue weighted by atomic mass is 19.3. The fourth-order valence-electron chi connectivity index (χ4n) is 4.61. The Hall–Kier alpha value is -3.95. The number of H-pyrrole nitrogens is 1. The maximum Gasteiger partial charge on any atom is 0.251 e. The molecule has 1 aliphatic heterocycles. The highest BCUT2D eigenvalue weighted by Gasteiger charge is 2.34. The van der Waals surface area contributed by atoms with Crippen LogP contribution in [-0.2, 0) is 5.54 Å². The number of piperidine rings is 1. The van der Waals surface area contributed by atoms with E-state index in [0.29, 0.717) is 22.9 Å². The first kappa shape index (κ1) is 22.5. The summed E-state index contributed by atoms with van der Waals surface area (Å²) in [7, 11) is 0. The molecular weight excluding hydrogens is 462 g/mol. The second kappa shape index (κ2) is 8.04. The lowest BCUT2D eigenvalue weighted by Crippen LogP contribution is -2.40. The van der Waals surface area contributed by atoms with Crippen molar-refractivity contribution in [3.63, 3.8) is 0 Å². The Morgan fingerprint density at radius 1 is 0.944 bits per heavy atom. The predicted molar refractivity (Wildman–Crippen MR) is 135 cm³/mol. The van der Waals surface area contributed by atoms with Gasteiger partial charge in [-0.25, -0.2) is 33.7 Å². The molecule has 8 nitrogen and oxygen atoms in total. The van der Waals surface area contributed by atoms with Crippen LogP contribution >= 0.6 is 0 Å². The van der Waals surface area contributed by atoms with Crippen LogP contribution in [0.25, 0.3) is 44.6 Å². The largest absolute Gasteiger partial charge is 0.344 e. The number of halogens is 2. The summed E-state index contributed by atoms with van der Waals surface area (Å²) in [4.78, 5) is 27.8. The van der Waals surface area contributed by atoms with Gasteiger partial charge in [0.05, 0.1) is 29.3 Å². The van der Waals surface area contributed by atoms with Gasteiger partial charge in [0, 0.05) is 61.2 Å². The van der Waals surface area contributed by atoms with Gasteiger partial charge >= 0.3 is 0 Å². The molecule has 1 aromatic carbocycles. The van der Waals surface area contributed by atoms with Crippen LogP contribution in [0.4, 0.5) is 14.7 Å². The number of anilines is 1. The molecular formula is C26H26F2N8. The highest BCUT2D eigenvalue weighted by molar-refractivity contribution is 5.94. The summed E-state index contributed by atoms with van der Waals surface area (Å²) in [5.74, 6) is -2.15. The van der Waals surface area contributed by atoms with Gasteiger partial charge in [-0.1, -0.05) is 6.07 Å². The van der Waals surface area contributed by atoms with Gasteiger partial charge in [-0.05, 0) is 38.5 Å².